The first-order valence-electron chi connectivity index (χ1n) is 5.36. The molecule has 0 saturated carbocycles. The van der Waals surface area contributed by atoms with Gasteiger partial charge < -0.3 is 10.2 Å². The Kier molecular flexibility index (Phi) is 4.81. The van der Waals surface area contributed by atoms with Crippen LogP contribution in [0.25, 0.3) is 0 Å². The predicted molar refractivity (Wildman–Crippen MR) is 66.2 cm³/mol. The third kappa shape index (κ3) is 3.88. The molecule has 0 spiro atoms. The molecule has 3 N–H and O–H groups in total. The van der Waals surface area contributed by atoms with E-state index in [9.17, 15) is 23.6 Å². The van der Waals surface area contributed by atoms with Gasteiger partial charge in [0.2, 0.25) is 10.0 Å². The van der Waals surface area contributed by atoms with Crippen molar-refractivity contribution in [2.45, 2.75) is 11.8 Å². The van der Waals surface area contributed by atoms with E-state index in [4.69, 9.17) is 5.11 Å². The fraction of sp³-hybridized carbons (Fsp3) is 0.400. The lowest BCUT2D eigenvalue weighted by atomic mass is 10.2. The van der Waals surface area contributed by atoms with Crippen LogP contribution in [0.1, 0.15) is 6.92 Å². The Morgan fingerprint density at radius 3 is 2.63 bits per heavy atom. The number of nitrogens with zero attached hydrogens (tertiary/aromatic N) is 1. The fourth-order valence-electron chi connectivity index (χ4n) is 1.22. The Balaban J connectivity index is 3.02. The average Bonchev–Trinajstić information content (AvgIpc) is 2.35. The van der Waals surface area contributed by atoms with Gasteiger partial charge in [-0.1, -0.05) is 6.92 Å². The van der Waals surface area contributed by atoms with Crippen LogP contribution in [0.4, 0.5) is 5.69 Å². The molecule has 19 heavy (non-hydrogen) atoms. The molecule has 0 bridgehead atoms. The largest absolute Gasteiger partial charge is 0.502 e. The summed E-state index contributed by atoms with van der Waals surface area (Å²) in [6.45, 7) is 1.47. The van der Waals surface area contributed by atoms with Crippen LogP contribution in [0.2, 0.25) is 0 Å². The van der Waals surface area contributed by atoms with E-state index in [-0.39, 0.29) is 24.0 Å². The molecule has 0 aromatic heterocycles. The summed E-state index contributed by atoms with van der Waals surface area (Å²) in [5.41, 5.74) is -0.682. The lowest BCUT2D eigenvalue weighted by molar-refractivity contribution is -0.386. The number of aliphatic hydroxyl groups excluding tert-OH is 1. The zero-order chi connectivity index (χ0) is 14.6. The van der Waals surface area contributed by atoms with Gasteiger partial charge in [-0.15, -0.1) is 0 Å². The Bertz CT molecular complexity index is 571. The summed E-state index contributed by atoms with van der Waals surface area (Å²) in [7, 11) is -3.91. The van der Waals surface area contributed by atoms with Crippen LogP contribution in [0, 0.1) is 16.0 Å². The molecule has 0 aliphatic heterocycles. The van der Waals surface area contributed by atoms with Crippen molar-refractivity contribution in [3.63, 3.8) is 0 Å². The molecule has 0 aliphatic carbocycles. The summed E-state index contributed by atoms with van der Waals surface area (Å²) in [6.07, 6.45) is 0. The molecule has 0 radical (unpaired) electrons. The van der Waals surface area contributed by atoms with E-state index in [1.165, 1.54) is 0 Å². The van der Waals surface area contributed by atoms with Crippen molar-refractivity contribution in [3.05, 3.63) is 28.3 Å². The van der Waals surface area contributed by atoms with Crippen LogP contribution < -0.4 is 4.72 Å². The van der Waals surface area contributed by atoms with Crippen molar-refractivity contribution in [2.75, 3.05) is 13.2 Å². The highest BCUT2D eigenvalue weighted by atomic mass is 32.2. The molecule has 8 nitrogen and oxygen atoms in total. The molecule has 0 saturated heterocycles. The van der Waals surface area contributed by atoms with Gasteiger partial charge in [-0.3, -0.25) is 10.1 Å². The molecule has 1 aromatic carbocycles. The number of nitro groups is 1. The van der Waals surface area contributed by atoms with Crippen molar-refractivity contribution in [1.82, 2.24) is 4.72 Å². The zero-order valence-electron chi connectivity index (χ0n) is 10.1. The second-order valence-electron chi connectivity index (χ2n) is 4.05. The SMILES string of the molecule is CC(CO)CNS(=O)(=O)c1ccc(O)c([N+](=O)[O-])c1. The highest BCUT2D eigenvalue weighted by molar-refractivity contribution is 7.89. The minimum Gasteiger partial charge on any atom is -0.502 e. The summed E-state index contributed by atoms with van der Waals surface area (Å²) >= 11 is 0. The molecule has 0 heterocycles. The van der Waals surface area contributed by atoms with E-state index in [1.54, 1.807) is 6.92 Å². The van der Waals surface area contributed by atoms with Crippen LogP contribution in [-0.2, 0) is 10.0 Å². The Morgan fingerprint density at radius 2 is 2.11 bits per heavy atom. The van der Waals surface area contributed by atoms with E-state index in [2.05, 4.69) is 4.72 Å². The van der Waals surface area contributed by atoms with Crippen LogP contribution in [0.3, 0.4) is 0 Å². The first-order chi connectivity index (χ1) is 8.77. The van der Waals surface area contributed by atoms with Crippen LogP contribution in [-0.4, -0.2) is 36.7 Å². The molecule has 1 aromatic rings. The molecular weight excluding hydrogens is 276 g/mol. The minimum atomic E-state index is -3.91. The van der Waals surface area contributed by atoms with Crippen molar-refractivity contribution >= 4 is 15.7 Å². The third-order valence-electron chi connectivity index (χ3n) is 2.39. The Labute approximate surface area is 109 Å². The number of hydrogen-bond donors (Lipinski definition) is 3. The van der Waals surface area contributed by atoms with Gasteiger partial charge in [0.05, 0.1) is 9.82 Å². The number of benzene rings is 1. The number of aromatic hydroxyl groups is 1. The maximum Gasteiger partial charge on any atom is 0.312 e. The second kappa shape index (κ2) is 5.95. The highest BCUT2D eigenvalue weighted by Gasteiger charge is 2.21. The van der Waals surface area contributed by atoms with Gasteiger partial charge >= 0.3 is 5.69 Å². The van der Waals surface area contributed by atoms with Gasteiger partial charge in [0.25, 0.3) is 0 Å². The standard InChI is InChI=1S/C10H14N2O6S/c1-7(6-13)5-11-19(17,18)8-2-3-10(14)9(4-8)12(15)16/h2-4,7,11,13-14H,5-6H2,1H3. The number of aliphatic hydroxyl groups is 1. The Hall–Kier alpha value is -1.71. The normalized spacial score (nSPS) is 13.2. The number of phenols is 1. The average molecular weight is 290 g/mol. The van der Waals surface area contributed by atoms with E-state index in [0.717, 1.165) is 18.2 Å². The van der Waals surface area contributed by atoms with Gasteiger partial charge in [-0.2, -0.15) is 0 Å². The molecule has 106 valence electrons. The molecule has 1 rings (SSSR count). The number of nitrogens with one attached hydrogen (secondary N) is 1. The number of nitro benzene ring substituents is 1. The lowest BCUT2D eigenvalue weighted by Crippen LogP contribution is -2.29. The van der Waals surface area contributed by atoms with E-state index in [0.29, 0.717) is 0 Å². The summed E-state index contributed by atoms with van der Waals surface area (Å²) in [5, 5.41) is 28.6. The van der Waals surface area contributed by atoms with Gasteiger partial charge in [-0.25, -0.2) is 13.1 Å². The topological polar surface area (TPSA) is 130 Å². The lowest BCUT2D eigenvalue weighted by Gasteiger charge is -2.10. The maximum absolute atomic E-state index is 11.8. The van der Waals surface area contributed by atoms with Gasteiger partial charge in [0, 0.05) is 19.2 Å². The van der Waals surface area contributed by atoms with Crippen LogP contribution in [0.5, 0.6) is 5.75 Å². The van der Waals surface area contributed by atoms with E-state index >= 15 is 0 Å². The summed E-state index contributed by atoms with van der Waals surface area (Å²) in [5.74, 6) is -0.880. The predicted octanol–water partition coefficient (Wildman–Crippen LogP) is 0.207. The van der Waals surface area contributed by atoms with Gasteiger partial charge in [0.1, 0.15) is 0 Å². The molecule has 1 unspecified atom stereocenters. The molecule has 9 heteroatoms. The number of rotatable bonds is 6. The molecule has 0 amide bonds. The van der Waals surface area contributed by atoms with Crippen LogP contribution >= 0.6 is 0 Å². The quantitative estimate of drug-likeness (QED) is 0.507. The second-order valence-corrected chi connectivity index (χ2v) is 5.81. The summed E-state index contributed by atoms with van der Waals surface area (Å²) in [6, 6.07) is 2.79. The zero-order valence-corrected chi connectivity index (χ0v) is 10.9. The first kappa shape index (κ1) is 15.3. The van der Waals surface area contributed by atoms with Crippen molar-refractivity contribution in [3.8, 4) is 5.75 Å². The first-order valence-corrected chi connectivity index (χ1v) is 6.84. The van der Waals surface area contributed by atoms with E-state index < -0.39 is 26.4 Å². The molecule has 0 fully saturated rings. The van der Waals surface area contributed by atoms with Crippen molar-refractivity contribution < 1.29 is 23.6 Å². The number of phenolic OH excluding ortho intramolecular Hbond substituents is 1. The highest BCUT2D eigenvalue weighted by Crippen LogP contribution is 2.28. The molecule has 0 aliphatic rings. The van der Waals surface area contributed by atoms with Crippen molar-refractivity contribution in [1.29, 1.82) is 0 Å². The van der Waals surface area contributed by atoms with Gasteiger partial charge in [-0.05, 0) is 18.1 Å². The Morgan fingerprint density at radius 1 is 1.47 bits per heavy atom. The van der Waals surface area contributed by atoms with Gasteiger partial charge in [0.15, 0.2) is 5.75 Å². The van der Waals surface area contributed by atoms with Crippen LogP contribution in [0.15, 0.2) is 23.1 Å². The summed E-state index contributed by atoms with van der Waals surface area (Å²) in [4.78, 5) is 9.42. The number of sulfonamides is 1. The monoisotopic (exact) mass is 290 g/mol. The van der Waals surface area contributed by atoms with E-state index in [1.807, 2.05) is 0 Å². The number of hydrogen-bond acceptors (Lipinski definition) is 6. The smallest absolute Gasteiger partial charge is 0.312 e. The molecular formula is C10H14N2O6S. The third-order valence-corrected chi connectivity index (χ3v) is 3.81. The molecule has 1 atom stereocenters. The minimum absolute atomic E-state index is 0.00745. The maximum atomic E-state index is 11.8. The summed E-state index contributed by atoms with van der Waals surface area (Å²) < 4.78 is 25.9. The van der Waals surface area contributed by atoms with Crippen molar-refractivity contribution in [2.24, 2.45) is 5.92 Å². The fourth-order valence-corrected chi connectivity index (χ4v) is 2.40.